The van der Waals surface area contributed by atoms with Crippen LogP contribution in [0.2, 0.25) is 0 Å². The Hall–Kier alpha value is -0.510. The molecule has 0 aliphatic carbocycles. The quantitative estimate of drug-likeness (QED) is 0.764. The largest absolute Gasteiger partial charge is 0.353 e. The van der Waals surface area contributed by atoms with Gasteiger partial charge in [0.05, 0.1) is 13.2 Å². The average molecular weight is 252 g/mol. The molecule has 2 rings (SSSR count). The molecule has 0 amide bonds. The Labute approximate surface area is 108 Å². The molecule has 1 saturated heterocycles. The second-order valence-electron chi connectivity index (χ2n) is 4.41. The number of thioether (sulfide) groups is 1. The lowest BCUT2D eigenvalue weighted by atomic mass is 10.1. The minimum Gasteiger partial charge on any atom is -0.353 e. The van der Waals surface area contributed by atoms with Crippen molar-refractivity contribution in [1.29, 1.82) is 0 Å². The third kappa shape index (κ3) is 4.02. The van der Waals surface area contributed by atoms with Crippen LogP contribution in [-0.4, -0.2) is 25.3 Å². The van der Waals surface area contributed by atoms with Crippen molar-refractivity contribution in [2.45, 2.75) is 37.9 Å². The zero-order valence-electron chi connectivity index (χ0n) is 10.6. The second kappa shape index (κ2) is 6.43. The summed E-state index contributed by atoms with van der Waals surface area (Å²) in [6, 6.07) is 6.63. The molecule has 0 unspecified atom stereocenters. The maximum Gasteiger partial charge on any atom is 0.158 e. The lowest BCUT2D eigenvalue weighted by molar-refractivity contribution is -0.178. The average Bonchev–Trinajstić information content (AvgIpc) is 2.35. The number of hydrogen-bond acceptors (Lipinski definition) is 3. The molecule has 0 bridgehead atoms. The van der Waals surface area contributed by atoms with E-state index in [4.69, 9.17) is 9.47 Å². The smallest absolute Gasteiger partial charge is 0.158 e. The molecule has 0 radical (unpaired) electrons. The van der Waals surface area contributed by atoms with Crippen LogP contribution >= 0.6 is 11.8 Å². The molecule has 1 fully saturated rings. The van der Waals surface area contributed by atoms with E-state index in [-0.39, 0.29) is 6.29 Å². The summed E-state index contributed by atoms with van der Waals surface area (Å²) < 4.78 is 11.0. The third-order valence-electron chi connectivity index (χ3n) is 3.00. The maximum atomic E-state index is 5.52. The van der Waals surface area contributed by atoms with Crippen LogP contribution in [0.4, 0.5) is 0 Å². The maximum absolute atomic E-state index is 5.52. The van der Waals surface area contributed by atoms with Crippen LogP contribution in [-0.2, 0) is 9.47 Å². The molecule has 2 nitrogen and oxygen atoms in total. The summed E-state index contributed by atoms with van der Waals surface area (Å²) in [6.07, 6.45) is 2.01. The second-order valence-corrected chi connectivity index (χ2v) is 5.58. The van der Waals surface area contributed by atoms with E-state index in [2.05, 4.69) is 32.0 Å². The Kier molecular flexibility index (Phi) is 4.89. The molecule has 94 valence electrons. The minimum atomic E-state index is 0.0165. The standard InChI is InChI=1S/C14H20O2S/c1-11-4-5-13(10-12(11)2)17-9-6-14-15-7-3-8-16-14/h4-5,10,14H,3,6-9H2,1-2H3. The van der Waals surface area contributed by atoms with Gasteiger partial charge in [0.15, 0.2) is 6.29 Å². The Morgan fingerprint density at radius 1 is 1.18 bits per heavy atom. The Morgan fingerprint density at radius 3 is 2.65 bits per heavy atom. The molecule has 0 saturated carbocycles. The van der Waals surface area contributed by atoms with Crippen molar-refractivity contribution in [1.82, 2.24) is 0 Å². The summed E-state index contributed by atoms with van der Waals surface area (Å²) in [7, 11) is 0. The van der Waals surface area contributed by atoms with E-state index in [1.54, 1.807) is 0 Å². The van der Waals surface area contributed by atoms with Crippen LogP contribution in [0.25, 0.3) is 0 Å². The summed E-state index contributed by atoms with van der Waals surface area (Å²) in [6.45, 7) is 6.00. The van der Waals surface area contributed by atoms with Gasteiger partial charge in [-0.15, -0.1) is 11.8 Å². The predicted molar refractivity (Wildman–Crippen MR) is 71.6 cm³/mol. The number of aryl methyl sites for hydroxylation is 2. The van der Waals surface area contributed by atoms with Gasteiger partial charge in [0.2, 0.25) is 0 Å². The molecule has 1 aromatic rings. The first-order valence-electron chi connectivity index (χ1n) is 6.19. The zero-order chi connectivity index (χ0) is 12.1. The van der Waals surface area contributed by atoms with E-state index in [1.807, 2.05) is 11.8 Å². The highest BCUT2D eigenvalue weighted by Gasteiger charge is 2.13. The number of hydrogen-bond donors (Lipinski definition) is 0. The van der Waals surface area contributed by atoms with Crippen molar-refractivity contribution in [2.75, 3.05) is 19.0 Å². The Bertz CT molecular complexity index is 359. The van der Waals surface area contributed by atoms with Gasteiger partial charge in [0.1, 0.15) is 0 Å². The molecule has 0 spiro atoms. The lowest BCUT2D eigenvalue weighted by Gasteiger charge is -2.22. The number of rotatable bonds is 4. The fourth-order valence-corrected chi connectivity index (χ4v) is 2.75. The van der Waals surface area contributed by atoms with Gasteiger partial charge in [-0.05, 0) is 43.5 Å². The van der Waals surface area contributed by atoms with Crippen LogP contribution in [0.5, 0.6) is 0 Å². The van der Waals surface area contributed by atoms with Gasteiger partial charge < -0.3 is 9.47 Å². The van der Waals surface area contributed by atoms with Crippen molar-refractivity contribution >= 4 is 11.8 Å². The summed E-state index contributed by atoms with van der Waals surface area (Å²) in [4.78, 5) is 1.34. The first-order valence-corrected chi connectivity index (χ1v) is 7.17. The van der Waals surface area contributed by atoms with E-state index in [0.717, 1.165) is 31.8 Å². The van der Waals surface area contributed by atoms with Gasteiger partial charge in [0, 0.05) is 17.1 Å². The fourth-order valence-electron chi connectivity index (χ4n) is 1.78. The first kappa shape index (κ1) is 12.9. The zero-order valence-corrected chi connectivity index (χ0v) is 11.4. The van der Waals surface area contributed by atoms with Crippen LogP contribution in [0.15, 0.2) is 23.1 Å². The molecule has 1 heterocycles. The van der Waals surface area contributed by atoms with E-state index >= 15 is 0 Å². The number of ether oxygens (including phenoxy) is 2. The molecule has 3 heteroatoms. The van der Waals surface area contributed by atoms with Crippen LogP contribution in [0, 0.1) is 13.8 Å². The highest BCUT2D eigenvalue weighted by atomic mass is 32.2. The summed E-state index contributed by atoms with van der Waals surface area (Å²) >= 11 is 1.88. The van der Waals surface area contributed by atoms with Crippen molar-refractivity contribution in [2.24, 2.45) is 0 Å². The van der Waals surface area contributed by atoms with E-state index in [9.17, 15) is 0 Å². The summed E-state index contributed by atoms with van der Waals surface area (Å²) in [5.41, 5.74) is 2.72. The molecule has 0 N–H and O–H groups in total. The molecule has 17 heavy (non-hydrogen) atoms. The van der Waals surface area contributed by atoms with Gasteiger partial charge >= 0.3 is 0 Å². The molecule has 1 aliphatic heterocycles. The van der Waals surface area contributed by atoms with Crippen molar-refractivity contribution < 1.29 is 9.47 Å². The van der Waals surface area contributed by atoms with Gasteiger partial charge in [0.25, 0.3) is 0 Å². The molecule has 0 aromatic heterocycles. The van der Waals surface area contributed by atoms with Crippen molar-refractivity contribution in [3.05, 3.63) is 29.3 Å². The molecular formula is C14H20O2S. The lowest BCUT2D eigenvalue weighted by Crippen LogP contribution is -2.25. The van der Waals surface area contributed by atoms with Crippen LogP contribution < -0.4 is 0 Å². The third-order valence-corrected chi connectivity index (χ3v) is 4.02. The SMILES string of the molecule is Cc1ccc(SCCC2OCCCO2)cc1C. The van der Waals surface area contributed by atoms with Gasteiger partial charge in [-0.2, -0.15) is 0 Å². The first-order chi connectivity index (χ1) is 8.25. The molecule has 0 atom stereocenters. The summed E-state index contributed by atoms with van der Waals surface area (Å²) in [5.74, 6) is 1.05. The van der Waals surface area contributed by atoms with Gasteiger partial charge in [-0.3, -0.25) is 0 Å². The molecular weight excluding hydrogens is 232 g/mol. The van der Waals surface area contributed by atoms with E-state index < -0.39 is 0 Å². The Balaban J connectivity index is 1.75. The fraction of sp³-hybridized carbons (Fsp3) is 0.571. The van der Waals surface area contributed by atoms with Crippen LogP contribution in [0.1, 0.15) is 24.0 Å². The highest BCUT2D eigenvalue weighted by Crippen LogP contribution is 2.23. The topological polar surface area (TPSA) is 18.5 Å². The summed E-state index contributed by atoms with van der Waals surface area (Å²) in [5, 5.41) is 0. The number of benzene rings is 1. The van der Waals surface area contributed by atoms with E-state index in [0.29, 0.717) is 0 Å². The van der Waals surface area contributed by atoms with Crippen molar-refractivity contribution in [3.63, 3.8) is 0 Å². The highest BCUT2D eigenvalue weighted by molar-refractivity contribution is 7.99. The van der Waals surface area contributed by atoms with Gasteiger partial charge in [-0.1, -0.05) is 6.07 Å². The molecule has 1 aliphatic rings. The van der Waals surface area contributed by atoms with Crippen LogP contribution in [0.3, 0.4) is 0 Å². The molecule has 1 aromatic carbocycles. The minimum absolute atomic E-state index is 0.0165. The van der Waals surface area contributed by atoms with Crippen molar-refractivity contribution in [3.8, 4) is 0 Å². The normalized spacial score (nSPS) is 17.3. The Morgan fingerprint density at radius 2 is 1.94 bits per heavy atom. The van der Waals surface area contributed by atoms with E-state index in [1.165, 1.54) is 16.0 Å². The predicted octanol–water partition coefficient (Wildman–Crippen LogP) is 3.55. The monoisotopic (exact) mass is 252 g/mol. The van der Waals surface area contributed by atoms with Gasteiger partial charge in [-0.25, -0.2) is 0 Å².